The summed E-state index contributed by atoms with van der Waals surface area (Å²) in [5.41, 5.74) is 0.560. The molecule has 0 bridgehead atoms. The zero-order chi connectivity index (χ0) is 12.3. The van der Waals surface area contributed by atoms with Crippen molar-refractivity contribution in [1.29, 1.82) is 0 Å². The molecule has 0 aromatic heterocycles. The molecule has 0 unspecified atom stereocenters. The lowest BCUT2D eigenvalue weighted by atomic mass is 9.73. The van der Waals surface area contributed by atoms with Gasteiger partial charge in [0.05, 0.1) is 5.57 Å². The van der Waals surface area contributed by atoms with E-state index in [0.29, 0.717) is 11.9 Å². The first kappa shape index (κ1) is 12.2. The molecule has 0 aliphatic carbocycles. The first-order chi connectivity index (χ1) is 8.24. The Morgan fingerprint density at radius 1 is 1.41 bits per heavy atom. The molecule has 2 fully saturated rings. The molecule has 0 saturated carbocycles. The number of ether oxygens (including phenoxy) is 1. The zero-order valence-electron chi connectivity index (χ0n) is 9.99. The Bertz CT molecular complexity index is 352. The van der Waals surface area contributed by atoms with E-state index in [1.807, 2.05) is 4.90 Å². The largest absolute Gasteiger partial charge is 0.381 e. The molecule has 0 atom stereocenters. The number of amidine groups is 1. The summed E-state index contributed by atoms with van der Waals surface area (Å²) in [7, 11) is 0. The Kier molecular flexibility index (Phi) is 3.57. The number of rotatable bonds is 2. The summed E-state index contributed by atoms with van der Waals surface area (Å²) < 4.78 is 18.0. The smallest absolute Gasteiger partial charge is 0.171 e. The third-order valence-corrected chi connectivity index (χ3v) is 3.68. The number of carbonyl (C=O) groups is 1. The second kappa shape index (κ2) is 4.96. The van der Waals surface area contributed by atoms with E-state index in [1.54, 1.807) is 13.0 Å². The van der Waals surface area contributed by atoms with Crippen LogP contribution in [0.5, 0.6) is 0 Å². The van der Waals surface area contributed by atoms with E-state index < -0.39 is 0 Å². The van der Waals surface area contributed by atoms with Crippen LogP contribution < -0.4 is 0 Å². The molecule has 5 heteroatoms. The molecule has 2 saturated heterocycles. The normalized spacial score (nSPS) is 24.7. The fourth-order valence-electron chi connectivity index (χ4n) is 2.57. The van der Waals surface area contributed by atoms with Crippen LogP contribution in [0.15, 0.2) is 16.9 Å². The fourth-order valence-corrected chi connectivity index (χ4v) is 2.57. The lowest BCUT2D eigenvalue weighted by Gasteiger charge is -2.53. The molecule has 1 spiro atoms. The Hall–Kier alpha value is -1.23. The Labute approximate surface area is 100 Å². The summed E-state index contributed by atoms with van der Waals surface area (Å²) in [6.07, 6.45) is 4.25. The van der Waals surface area contributed by atoms with E-state index in [4.69, 9.17) is 4.74 Å². The van der Waals surface area contributed by atoms with Crippen LogP contribution in [-0.2, 0) is 9.53 Å². The van der Waals surface area contributed by atoms with E-state index in [-0.39, 0.29) is 11.3 Å². The average molecular weight is 240 g/mol. The topological polar surface area (TPSA) is 41.9 Å². The van der Waals surface area contributed by atoms with Gasteiger partial charge in [0.1, 0.15) is 0 Å². The zero-order valence-corrected chi connectivity index (χ0v) is 9.99. The summed E-state index contributed by atoms with van der Waals surface area (Å²) in [6, 6.07) is 0. The number of hydrogen-bond donors (Lipinski definition) is 0. The molecule has 0 aromatic carbocycles. The van der Waals surface area contributed by atoms with Crippen LogP contribution in [0.4, 0.5) is 4.48 Å². The SMILES string of the molecule is C/C=C(C=O)\C(=N/F)N1CC2(CCOCC2)C1. The highest BCUT2D eigenvalue weighted by Crippen LogP contribution is 2.40. The molecule has 4 nitrogen and oxygen atoms in total. The molecule has 2 rings (SSSR count). The molecule has 2 heterocycles. The molecule has 0 aromatic rings. The van der Waals surface area contributed by atoms with Gasteiger partial charge in [0.15, 0.2) is 12.1 Å². The van der Waals surface area contributed by atoms with E-state index in [9.17, 15) is 9.28 Å². The quantitative estimate of drug-likeness (QED) is 0.318. The molecule has 0 amide bonds. The van der Waals surface area contributed by atoms with Gasteiger partial charge < -0.3 is 9.64 Å². The summed E-state index contributed by atoms with van der Waals surface area (Å²) in [4.78, 5) is 12.6. The maximum absolute atomic E-state index is 12.6. The maximum atomic E-state index is 12.6. The minimum absolute atomic E-state index is 0.166. The molecule has 0 radical (unpaired) electrons. The Morgan fingerprint density at radius 2 is 2.06 bits per heavy atom. The van der Waals surface area contributed by atoms with Crippen molar-refractivity contribution in [3.05, 3.63) is 11.6 Å². The number of halogens is 1. The van der Waals surface area contributed by atoms with Gasteiger partial charge in [-0.25, -0.2) is 0 Å². The highest BCUT2D eigenvalue weighted by atomic mass is 19.2. The lowest BCUT2D eigenvalue weighted by molar-refractivity contribution is -0.104. The highest BCUT2D eigenvalue weighted by Gasteiger charge is 2.45. The number of hydrogen-bond acceptors (Lipinski definition) is 3. The third kappa shape index (κ3) is 2.24. The van der Waals surface area contributed by atoms with Gasteiger partial charge in [-0.1, -0.05) is 15.8 Å². The molecule has 2 aliphatic heterocycles. The van der Waals surface area contributed by atoms with Gasteiger partial charge in [-0.15, -0.1) is 0 Å². The van der Waals surface area contributed by atoms with Crippen LogP contribution in [-0.4, -0.2) is 43.3 Å². The standard InChI is InChI=1S/C12H17FN2O2/c1-2-10(7-16)11(14-13)15-8-12(9-15)3-5-17-6-4-12/h2,7H,3-6,8-9H2,1H3/b10-2-,14-11+. The van der Waals surface area contributed by atoms with E-state index >= 15 is 0 Å². The van der Waals surface area contributed by atoms with Crippen molar-refractivity contribution in [3.8, 4) is 0 Å². The Morgan fingerprint density at radius 3 is 2.53 bits per heavy atom. The summed E-state index contributed by atoms with van der Waals surface area (Å²) in [5, 5.41) is 2.74. The van der Waals surface area contributed by atoms with Crippen molar-refractivity contribution < 1.29 is 14.0 Å². The molecular formula is C12H17FN2O2. The minimum Gasteiger partial charge on any atom is -0.381 e. The Balaban J connectivity index is 2.00. The van der Waals surface area contributed by atoms with Gasteiger partial charge in [0.25, 0.3) is 0 Å². The first-order valence-corrected chi connectivity index (χ1v) is 5.88. The predicted molar refractivity (Wildman–Crippen MR) is 62.4 cm³/mol. The van der Waals surface area contributed by atoms with Gasteiger partial charge in [-0.05, 0) is 19.8 Å². The highest BCUT2D eigenvalue weighted by molar-refractivity contribution is 6.13. The number of carbonyl (C=O) groups excluding carboxylic acids is 1. The van der Waals surface area contributed by atoms with Gasteiger partial charge in [0.2, 0.25) is 0 Å². The summed E-state index contributed by atoms with van der Waals surface area (Å²) in [5.74, 6) is 0.166. The van der Waals surface area contributed by atoms with Gasteiger partial charge in [-0.2, -0.15) is 0 Å². The van der Waals surface area contributed by atoms with Crippen molar-refractivity contribution >= 4 is 12.1 Å². The first-order valence-electron chi connectivity index (χ1n) is 5.88. The van der Waals surface area contributed by atoms with Crippen LogP contribution in [0.3, 0.4) is 0 Å². The second-order valence-electron chi connectivity index (χ2n) is 4.74. The number of allylic oxidation sites excluding steroid dienone is 1. The van der Waals surface area contributed by atoms with Crippen LogP contribution >= 0.6 is 0 Å². The number of aldehydes is 1. The summed E-state index contributed by atoms with van der Waals surface area (Å²) in [6.45, 7) is 4.80. The molecule has 94 valence electrons. The second-order valence-corrected chi connectivity index (χ2v) is 4.74. The van der Waals surface area contributed by atoms with Crippen molar-refractivity contribution in [2.75, 3.05) is 26.3 Å². The van der Waals surface area contributed by atoms with E-state index in [2.05, 4.69) is 5.21 Å². The molecule has 0 N–H and O–H groups in total. The van der Waals surface area contributed by atoms with Crippen molar-refractivity contribution in [2.45, 2.75) is 19.8 Å². The average Bonchev–Trinajstić information content (AvgIpc) is 2.34. The molecule has 2 aliphatic rings. The van der Waals surface area contributed by atoms with Crippen LogP contribution in [0.2, 0.25) is 0 Å². The van der Waals surface area contributed by atoms with Crippen LogP contribution in [0.25, 0.3) is 0 Å². The van der Waals surface area contributed by atoms with Crippen molar-refractivity contribution in [3.63, 3.8) is 0 Å². The molecular weight excluding hydrogens is 223 g/mol. The third-order valence-electron chi connectivity index (χ3n) is 3.68. The van der Waals surface area contributed by atoms with Crippen molar-refractivity contribution in [1.82, 2.24) is 4.90 Å². The fraction of sp³-hybridized carbons (Fsp3) is 0.667. The molecule has 17 heavy (non-hydrogen) atoms. The van der Waals surface area contributed by atoms with E-state index in [1.165, 1.54) is 0 Å². The van der Waals surface area contributed by atoms with Gasteiger partial charge in [0, 0.05) is 31.7 Å². The maximum Gasteiger partial charge on any atom is 0.171 e. The minimum atomic E-state index is 0.166. The van der Waals surface area contributed by atoms with E-state index in [0.717, 1.165) is 39.1 Å². The van der Waals surface area contributed by atoms with Crippen molar-refractivity contribution in [2.24, 2.45) is 10.6 Å². The van der Waals surface area contributed by atoms with Gasteiger partial charge in [-0.3, -0.25) is 4.79 Å². The van der Waals surface area contributed by atoms with Gasteiger partial charge >= 0.3 is 0 Å². The number of nitrogens with zero attached hydrogens (tertiary/aromatic N) is 2. The van der Waals surface area contributed by atoms with Crippen LogP contribution in [0, 0.1) is 5.41 Å². The summed E-state index contributed by atoms with van der Waals surface area (Å²) >= 11 is 0. The monoisotopic (exact) mass is 240 g/mol. The predicted octanol–water partition coefficient (Wildman–Crippen LogP) is 1.53. The van der Waals surface area contributed by atoms with Crippen LogP contribution in [0.1, 0.15) is 19.8 Å². The number of likely N-dealkylation sites (tertiary alicyclic amines) is 1. The lowest BCUT2D eigenvalue weighted by Crippen LogP contribution is -2.60.